The molecule has 0 saturated heterocycles. The van der Waals surface area contributed by atoms with Crippen molar-refractivity contribution in [2.75, 3.05) is 19.6 Å². The van der Waals surface area contributed by atoms with Crippen LogP contribution in [-0.2, 0) is 6.54 Å². The molecule has 31 heavy (non-hydrogen) atoms. The van der Waals surface area contributed by atoms with Gasteiger partial charge in [-0.3, -0.25) is 4.90 Å². The van der Waals surface area contributed by atoms with Crippen molar-refractivity contribution in [3.05, 3.63) is 66.0 Å². The molecule has 1 unspecified atom stereocenters. The third kappa shape index (κ3) is 10.8. The first-order valence-electron chi connectivity index (χ1n) is 11.4. The maximum Gasteiger partial charge on any atom is 0.121 e. The number of terminal acetylenes is 1. The number of hydrogen-bond acceptors (Lipinski definition) is 3. The third-order valence-electron chi connectivity index (χ3n) is 4.60. The van der Waals surface area contributed by atoms with Gasteiger partial charge in [0.05, 0.1) is 17.6 Å². The Bertz CT molecular complexity index is 775. The Hall–Kier alpha value is -2.61. The fraction of sp³-hybridized carbons (Fsp3) is 0.444. The number of hydrogen-bond donors (Lipinski definition) is 2. The second-order valence-electron chi connectivity index (χ2n) is 7.03. The molecule has 3 aromatic rings. The predicted octanol–water partition coefficient (Wildman–Crippen LogP) is 6.21. The molecule has 0 fully saturated rings. The van der Waals surface area contributed by atoms with Crippen LogP contribution < -0.4 is 5.73 Å². The number of nitrogens with two attached hydrogens (primary N) is 1. The first-order valence-corrected chi connectivity index (χ1v) is 11.4. The van der Waals surface area contributed by atoms with Gasteiger partial charge in [0.25, 0.3) is 0 Å². The van der Waals surface area contributed by atoms with Gasteiger partial charge in [-0.1, -0.05) is 77.1 Å². The minimum absolute atomic E-state index is 0.387. The number of nitrogens with one attached hydrogen (secondary N) is 1. The van der Waals surface area contributed by atoms with Gasteiger partial charge < -0.3 is 10.7 Å². The van der Waals surface area contributed by atoms with Gasteiger partial charge in [-0.15, -0.1) is 12.8 Å². The summed E-state index contributed by atoms with van der Waals surface area (Å²) in [7, 11) is 0. The Labute approximate surface area is 190 Å². The summed E-state index contributed by atoms with van der Waals surface area (Å²) in [5.41, 5.74) is 9.20. The minimum atomic E-state index is 0.387. The number of aromatic amines is 1. The molecule has 0 saturated carbocycles. The molecule has 0 aliphatic rings. The maximum absolute atomic E-state index is 5.75. The van der Waals surface area contributed by atoms with Crippen LogP contribution in [-0.4, -0.2) is 34.5 Å². The summed E-state index contributed by atoms with van der Waals surface area (Å²) in [6, 6.07) is 18.4. The molecule has 4 heteroatoms. The van der Waals surface area contributed by atoms with Gasteiger partial charge >= 0.3 is 0 Å². The van der Waals surface area contributed by atoms with Crippen molar-refractivity contribution >= 4 is 11.0 Å². The van der Waals surface area contributed by atoms with E-state index in [-0.39, 0.29) is 0 Å². The lowest BCUT2D eigenvalue weighted by Crippen LogP contribution is -2.25. The Kier molecular flexibility index (Phi) is 16.7. The summed E-state index contributed by atoms with van der Waals surface area (Å²) in [5, 5.41) is 0. The number of aromatic nitrogens is 2. The minimum Gasteiger partial charge on any atom is -0.341 e. The van der Waals surface area contributed by atoms with Gasteiger partial charge in [0, 0.05) is 0 Å². The van der Waals surface area contributed by atoms with Gasteiger partial charge in [-0.25, -0.2) is 4.98 Å². The van der Waals surface area contributed by atoms with E-state index < -0.39 is 0 Å². The SMILES string of the molecule is C#C.CC.CCCN(CCC)Cc1nc2ccc(C(C)CN)cc2[nH]1.c1ccccc1. The summed E-state index contributed by atoms with van der Waals surface area (Å²) < 4.78 is 0. The monoisotopic (exact) mass is 422 g/mol. The van der Waals surface area contributed by atoms with E-state index in [1.54, 1.807) is 0 Å². The zero-order valence-corrected chi connectivity index (χ0v) is 20.1. The molecule has 0 aliphatic heterocycles. The molecule has 0 radical (unpaired) electrons. The van der Waals surface area contributed by atoms with E-state index in [4.69, 9.17) is 10.7 Å². The van der Waals surface area contributed by atoms with Gasteiger partial charge in [0.1, 0.15) is 5.82 Å². The molecule has 170 valence electrons. The number of benzene rings is 2. The highest BCUT2D eigenvalue weighted by molar-refractivity contribution is 5.76. The topological polar surface area (TPSA) is 57.9 Å². The Morgan fingerprint density at radius 2 is 1.48 bits per heavy atom. The fourth-order valence-electron chi connectivity index (χ4n) is 3.10. The van der Waals surface area contributed by atoms with Crippen LogP contribution in [0.1, 0.15) is 64.8 Å². The van der Waals surface area contributed by atoms with Gasteiger partial charge in [0.2, 0.25) is 0 Å². The predicted molar refractivity (Wildman–Crippen MR) is 137 cm³/mol. The average molecular weight is 423 g/mol. The Morgan fingerprint density at radius 1 is 0.968 bits per heavy atom. The lowest BCUT2D eigenvalue weighted by atomic mass is 10.0. The van der Waals surface area contributed by atoms with Crippen LogP contribution in [0.15, 0.2) is 54.6 Å². The molecular weight excluding hydrogens is 380 g/mol. The van der Waals surface area contributed by atoms with E-state index in [1.807, 2.05) is 50.2 Å². The zero-order valence-electron chi connectivity index (χ0n) is 20.1. The lowest BCUT2D eigenvalue weighted by Gasteiger charge is -2.19. The second-order valence-corrected chi connectivity index (χ2v) is 7.03. The van der Waals surface area contributed by atoms with Crippen molar-refractivity contribution in [2.45, 2.75) is 59.9 Å². The van der Waals surface area contributed by atoms with Crippen molar-refractivity contribution < 1.29 is 0 Å². The van der Waals surface area contributed by atoms with Crippen molar-refractivity contribution in [1.29, 1.82) is 0 Å². The Morgan fingerprint density at radius 3 is 1.94 bits per heavy atom. The molecule has 1 atom stereocenters. The molecular formula is C27H42N4. The van der Waals surface area contributed by atoms with Crippen LogP contribution in [0.4, 0.5) is 0 Å². The molecule has 0 bridgehead atoms. The van der Waals surface area contributed by atoms with E-state index in [1.165, 1.54) is 18.4 Å². The normalized spacial score (nSPS) is 10.7. The molecule has 1 aromatic heterocycles. The van der Waals surface area contributed by atoms with Crippen molar-refractivity contribution in [1.82, 2.24) is 14.9 Å². The number of fused-ring (bicyclic) bond motifs is 1. The van der Waals surface area contributed by atoms with Crippen LogP contribution in [0.3, 0.4) is 0 Å². The first kappa shape index (κ1) is 28.4. The molecule has 3 rings (SSSR count). The number of rotatable bonds is 8. The quantitative estimate of drug-likeness (QED) is 0.424. The van der Waals surface area contributed by atoms with E-state index >= 15 is 0 Å². The summed E-state index contributed by atoms with van der Waals surface area (Å²) in [5.74, 6) is 1.45. The van der Waals surface area contributed by atoms with Gasteiger partial charge in [-0.2, -0.15) is 0 Å². The largest absolute Gasteiger partial charge is 0.341 e. The number of H-pyrrole nitrogens is 1. The molecule has 0 aliphatic carbocycles. The summed E-state index contributed by atoms with van der Waals surface area (Å²) in [4.78, 5) is 10.6. The maximum atomic E-state index is 5.75. The molecule has 1 heterocycles. The van der Waals surface area contributed by atoms with Crippen LogP contribution >= 0.6 is 0 Å². The molecule has 4 nitrogen and oxygen atoms in total. The highest BCUT2D eigenvalue weighted by Crippen LogP contribution is 2.20. The van der Waals surface area contributed by atoms with Crippen LogP contribution in [0.25, 0.3) is 11.0 Å². The van der Waals surface area contributed by atoms with E-state index in [2.05, 4.69) is 61.7 Å². The first-order chi connectivity index (χ1) is 15.2. The summed E-state index contributed by atoms with van der Waals surface area (Å²) in [6.45, 7) is 14.4. The number of nitrogens with zero attached hydrogens (tertiary/aromatic N) is 2. The lowest BCUT2D eigenvalue weighted by molar-refractivity contribution is 0.261. The highest BCUT2D eigenvalue weighted by atomic mass is 15.1. The zero-order chi connectivity index (χ0) is 23.5. The van der Waals surface area contributed by atoms with Crippen LogP contribution in [0.5, 0.6) is 0 Å². The van der Waals surface area contributed by atoms with Gasteiger partial charge in [-0.05, 0) is 56.1 Å². The molecule has 2 aromatic carbocycles. The van der Waals surface area contributed by atoms with E-state index in [0.717, 1.165) is 36.5 Å². The molecule has 0 amide bonds. The Balaban J connectivity index is 0.000000753. The standard InChI is InChI=1S/C17H28N4.C6H6.C2H6.C2H2/c1-4-8-21(9-5-2)12-17-19-15-7-6-14(13(3)11-18)10-16(15)20-17;1-2-4-6-5-3-1;2*1-2/h6-7,10,13H,4-5,8-9,11-12,18H2,1-3H3,(H,19,20);1-6H;1-2H3;1-2H. The summed E-state index contributed by atoms with van der Waals surface area (Å²) >= 11 is 0. The van der Waals surface area contributed by atoms with Crippen molar-refractivity contribution in [3.8, 4) is 12.8 Å². The van der Waals surface area contributed by atoms with Crippen LogP contribution in [0, 0.1) is 12.8 Å². The number of imidazole rings is 1. The van der Waals surface area contributed by atoms with Crippen molar-refractivity contribution in [3.63, 3.8) is 0 Å². The third-order valence-corrected chi connectivity index (χ3v) is 4.60. The summed E-state index contributed by atoms with van der Waals surface area (Å²) in [6.07, 6.45) is 10.4. The highest BCUT2D eigenvalue weighted by Gasteiger charge is 2.10. The average Bonchev–Trinajstić information content (AvgIpc) is 3.24. The molecule has 0 spiro atoms. The van der Waals surface area contributed by atoms with Gasteiger partial charge in [0.15, 0.2) is 0 Å². The van der Waals surface area contributed by atoms with E-state index in [0.29, 0.717) is 12.5 Å². The smallest absolute Gasteiger partial charge is 0.121 e. The fourth-order valence-corrected chi connectivity index (χ4v) is 3.10. The second kappa shape index (κ2) is 18.2. The van der Waals surface area contributed by atoms with Crippen molar-refractivity contribution in [2.24, 2.45) is 5.73 Å². The van der Waals surface area contributed by atoms with E-state index in [9.17, 15) is 0 Å². The van der Waals surface area contributed by atoms with Crippen LogP contribution in [0.2, 0.25) is 0 Å². The molecule has 3 N–H and O–H groups in total.